The van der Waals surface area contributed by atoms with E-state index in [-0.39, 0.29) is 33.6 Å². The Balaban J connectivity index is 1.51. The van der Waals surface area contributed by atoms with Crippen molar-refractivity contribution in [3.63, 3.8) is 0 Å². The first kappa shape index (κ1) is 20.5. The minimum atomic E-state index is -0.565. The molecule has 1 unspecified atom stereocenters. The molecule has 9 heteroatoms. The Kier molecular flexibility index (Phi) is 5.07. The van der Waals surface area contributed by atoms with Crippen LogP contribution < -0.4 is 9.64 Å². The van der Waals surface area contributed by atoms with Crippen LogP contribution in [0, 0.1) is 10.1 Å². The van der Waals surface area contributed by atoms with Crippen LogP contribution in [0.5, 0.6) is 11.5 Å². The summed E-state index contributed by atoms with van der Waals surface area (Å²) in [6, 6.07) is 7.91. The number of anilines is 1. The van der Waals surface area contributed by atoms with Gasteiger partial charge < -0.3 is 9.47 Å². The Morgan fingerprint density at radius 2 is 1.87 bits per heavy atom. The Bertz CT molecular complexity index is 1060. The third-order valence-electron chi connectivity index (χ3n) is 6.44. The average molecular weight is 463 g/mol. The number of nitro groups is 1. The second kappa shape index (κ2) is 7.65. The number of carbonyl (C=O) groups excluding carboxylic acids is 1. The van der Waals surface area contributed by atoms with Gasteiger partial charge in [0, 0.05) is 18.7 Å². The van der Waals surface area contributed by atoms with Gasteiger partial charge in [0.1, 0.15) is 12.0 Å². The van der Waals surface area contributed by atoms with Crippen LogP contribution in [0.15, 0.2) is 30.3 Å². The molecule has 1 saturated heterocycles. The van der Waals surface area contributed by atoms with Crippen molar-refractivity contribution in [2.75, 3.05) is 11.5 Å². The highest BCUT2D eigenvalue weighted by molar-refractivity contribution is 6.37. The molecule has 31 heavy (non-hydrogen) atoms. The molecule has 0 N–H and O–H groups in total. The summed E-state index contributed by atoms with van der Waals surface area (Å²) in [7, 11) is 0. The number of carbonyl (C=O) groups is 1. The molecule has 3 aliphatic rings. The molecule has 1 spiro atoms. The zero-order chi connectivity index (χ0) is 21.8. The first-order valence-corrected chi connectivity index (χ1v) is 11.1. The van der Waals surface area contributed by atoms with E-state index < -0.39 is 10.3 Å². The summed E-state index contributed by atoms with van der Waals surface area (Å²) in [6.07, 6.45) is 5.23. The van der Waals surface area contributed by atoms with E-state index in [1.807, 2.05) is 17.0 Å². The van der Waals surface area contributed by atoms with E-state index in [0.717, 1.165) is 49.8 Å². The fraction of sp³-hybridized carbons (Fsp3) is 0.409. The first-order chi connectivity index (χ1) is 14.9. The van der Waals surface area contributed by atoms with Crippen molar-refractivity contribution in [1.29, 1.82) is 0 Å². The smallest absolute Gasteiger partial charge is 0.272 e. The third-order valence-corrected chi connectivity index (χ3v) is 7.00. The van der Waals surface area contributed by atoms with Crippen LogP contribution in [0.25, 0.3) is 0 Å². The molecule has 5 rings (SSSR count). The van der Waals surface area contributed by atoms with E-state index >= 15 is 0 Å². The van der Waals surface area contributed by atoms with Crippen molar-refractivity contribution in [1.82, 2.24) is 0 Å². The fourth-order valence-electron chi connectivity index (χ4n) is 4.72. The molecular formula is C22H20Cl2N2O5. The molecule has 2 heterocycles. The lowest BCUT2D eigenvalue weighted by atomic mass is 9.65. The monoisotopic (exact) mass is 462 g/mol. The number of benzene rings is 2. The molecule has 2 aromatic carbocycles. The van der Waals surface area contributed by atoms with Gasteiger partial charge in [-0.25, -0.2) is 0 Å². The van der Waals surface area contributed by atoms with E-state index in [1.165, 1.54) is 12.1 Å². The van der Waals surface area contributed by atoms with Gasteiger partial charge in [0.15, 0.2) is 5.75 Å². The summed E-state index contributed by atoms with van der Waals surface area (Å²) < 4.78 is 11.9. The van der Waals surface area contributed by atoms with Gasteiger partial charge in [0.25, 0.3) is 5.69 Å². The Hall–Kier alpha value is -2.35. The van der Waals surface area contributed by atoms with Crippen molar-refractivity contribution in [2.45, 2.75) is 50.2 Å². The van der Waals surface area contributed by atoms with Crippen LogP contribution in [0.2, 0.25) is 10.0 Å². The predicted octanol–water partition coefficient (Wildman–Crippen LogP) is 5.99. The van der Waals surface area contributed by atoms with Crippen LogP contribution in [-0.2, 0) is 14.9 Å². The van der Waals surface area contributed by atoms with Gasteiger partial charge in [0.2, 0.25) is 5.91 Å². The maximum absolute atomic E-state index is 13.4. The van der Waals surface area contributed by atoms with Gasteiger partial charge in [-0.15, -0.1) is 0 Å². The number of fused-ring (bicyclic) bond motifs is 2. The summed E-state index contributed by atoms with van der Waals surface area (Å²) in [5.74, 6) is 0.722. The van der Waals surface area contributed by atoms with E-state index in [0.29, 0.717) is 12.4 Å². The lowest BCUT2D eigenvalue weighted by molar-refractivity contribution is -0.384. The molecule has 2 aliphatic heterocycles. The lowest BCUT2D eigenvalue weighted by Crippen LogP contribution is -2.50. The van der Waals surface area contributed by atoms with Crippen molar-refractivity contribution >= 4 is 40.5 Å². The summed E-state index contributed by atoms with van der Waals surface area (Å²) >= 11 is 12.4. The van der Waals surface area contributed by atoms with Crippen LogP contribution in [0.1, 0.15) is 44.1 Å². The number of rotatable bonds is 4. The molecule has 7 nitrogen and oxygen atoms in total. The number of hydrogen-bond acceptors (Lipinski definition) is 5. The number of non-ortho nitro benzene ring substituents is 1. The number of ether oxygens (including phenoxy) is 2. The Labute approximate surface area is 189 Å². The van der Waals surface area contributed by atoms with Crippen LogP contribution in [0.3, 0.4) is 0 Å². The standard InChI is InChI=1S/C22H20Cl2N2O5/c23-16-10-13(26(28)29)11-17(24)20(16)31-14-5-6-18-15(12-14)22(7-3-8-22)21(27)25(18)19-4-1-2-9-30-19/h5-6,10-12,19H,1-4,7-9H2. The Morgan fingerprint density at radius 1 is 1.13 bits per heavy atom. The van der Waals surface area contributed by atoms with Gasteiger partial charge in [-0.1, -0.05) is 29.6 Å². The molecule has 1 aliphatic carbocycles. The number of hydrogen-bond donors (Lipinski definition) is 0. The molecule has 2 aromatic rings. The van der Waals surface area contributed by atoms with Crippen LogP contribution in [-0.4, -0.2) is 23.7 Å². The van der Waals surface area contributed by atoms with Gasteiger partial charge in [-0.3, -0.25) is 19.8 Å². The van der Waals surface area contributed by atoms with E-state index in [9.17, 15) is 14.9 Å². The molecule has 1 atom stereocenters. The fourth-order valence-corrected chi connectivity index (χ4v) is 5.27. The summed E-state index contributed by atoms with van der Waals surface area (Å²) in [6.45, 7) is 0.662. The quantitative estimate of drug-likeness (QED) is 0.411. The molecule has 0 aromatic heterocycles. The van der Waals surface area contributed by atoms with E-state index in [4.69, 9.17) is 32.7 Å². The minimum absolute atomic E-state index is 0.0476. The minimum Gasteiger partial charge on any atom is -0.454 e. The largest absolute Gasteiger partial charge is 0.454 e. The highest BCUT2D eigenvalue weighted by atomic mass is 35.5. The maximum atomic E-state index is 13.4. The van der Waals surface area contributed by atoms with Gasteiger partial charge in [-0.05, 0) is 55.9 Å². The molecular weight excluding hydrogens is 443 g/mol. The summed E-state index contributed by atoms with van der Waals surface area (Å²) in [4.78, 5) is 25.7. The zero-order valence-corrected chi connectivity index (χ0v) is 18.1. The molecule has 162 valence electrons. The SMILES string of the molecule is O=C1N(C2CCCCO2)c2ccc(Oc3c(Cl)cc([N+](=O)[O-])cc3Cl)cc2C12CCC2. The predicted molar refractivity (Wildman–Crippen MR) is 116 cm³/mol. The molecule has 1 amide bonds. The first-order valence-electron chi connectivity index (χ1n) is 10.3. The number of halogens is 2. The summed E-state index contributed by atoms with van der Waals surface area (Å²) in [5, 5.41) is 11.1. The van der Waals surface area contributed by atoms with Gasteiger partial charge >= 0.3 is 0 Å². The molecule has 1 saturated carbocycles. The topological polar surface area (TPSA) is 81.9 Å². The van der Waals surface area contributed by atoms with E-state index in [1.54, 1.807) is 6.07 Å². The Morgan fingerprint density at radius 3 is 2.45 bits per heavy atom. The zero-order valence-electron chi connectivity index (χ0n) is 16.6. The summed E-state index contributed by atoms with van der Waals surface area (Å²) in [5.41, 5.74) is 1.06. The molecule has 2 fully saturated rings. The molecule has 0 bridgehead atoms. The maximum Gasteiger partial charge on any atom is 0.272 e. The van der Waals surface area contributed by atoms with E-state index in [2.05, 4.69) is 0 Å². The van der Waals surface area contributed by atoms with Crippen LogP contribution in [0.4, 0.5) is 11.4 Å². The average Bonchev–Trinajstić information content (AvgIpc) is 2.98. The van der Waals surface area contributed by atoms with Gasteiger partial charge in [-0.2, -0.15) is 0 Å². The molecule has 0 radical (unpaired) electrons. The number of amides is 1. The third kappa shape index (κ3) is 3.26. The normalized spacial score (nSPS) is 21.7. The highest BCUT2D eigenvalue weighted by Gasteiger charge is 2.56. The number of nitrogens with zero attached hydrogens (tertiary/aromatic N) is 2. The van der Waals surface area contributed by atoms with Crippen LogP contribution >= 0.6 is 23.2 Å². The highest BCUT2D eigenvalue weighted by Crippen LogP contribution is 2.55. The van der Waals surface area contributed by atoms with Crippen molar-refractivity contribution < 1.29 is 19.2 Å². The number of nitro benzene ring substituents is 1. The lowest BCUT2D eigenvalue weighted by Gasteiger charge is -2.38. The van der Waals surface area contributed by atoms with Gasteiger partial charge in [0.05, 0.1) is 26.1 Å². The second-order valence-electron chi connectivity index (χ2n) is 8.21. The van der Waals surface area contributed by atoms with Crippen molar-refractivity contribution in [3.05, 3.63) is 56.1 Å². The second-order valence-corrected chi connectivity index (χ2v) is 9.02. The van der Waals surface area contributed by atoms with Crippen molar-refractivity contribution in [3.8, 4) is 11.5 Å². The van der Waals surface area contributed by atoms with Crippen molar-refractivity contribution in [2.24, 2.45) is 0 Å².